The van der Waals surface area contributed by atoms with Crippen molar-refractivity contribution in [3.63, 3.8) is 0 Å². The van der Waals surface area contributed by atoms with Gasteiger partial charge in [-0.05, 0) is 37.4 Å². The van der Waals surface area contributed by atoms with E-state index in [9.17, 15) is 29.8 Å². The molecule has 0 aromatic heterocycles. The normalized spacial score (nSPS) is 13.7. The third kappa shape index (κ3) is 8.18. The van der Waals surface area contributed by atoms with Crippen molar-refractivity contribution in [3.8, 4) is 0 Å². The second-order valence-corrected chi connectivity index (χ2v) is 8.18. The first kappa shape index (κ1) is 26.3. The SMILES string of the molecule is CN1CCN(c2ccc(Sc3ccc([N+](=O)[O-])cc3[N+](=O)[O-])cc2)CC1.O=C(O)/C=C\C(=O)O. The maximum absolute atomic E-state index is 11.2. The first-order chi connectivity index (χ1) is 16.1. The molecular formula is C21H22N4O8S. The fourth-order valence-electron chi connectivity index (χ4n) is 2.91. The number of anilines is 1. The van der Waals surface area contributed by atoms with Gasteiger partial charge in [0.1, 0.15) is 0 Å². The lowest BCUT2D eigenvalue weighted by Gasteiger charge is -2.34. The lowest BCUT2D eigenvalue weighted by Crippen LogP contribution is -2.44. The number of piperazine rings is 1. The van der Waals surface area contributed by atoms with Gasteiger partial charge in [-0.15, -0.1) is 0 Å². The molecule has 180 valence electrons. The van der Waals surface area contributed by atoms with E-state index in [4.69, 9.17) is 10.2 Å². The van der Waals surface area contributed by atoms with Crippen LogP contribution in [0.25, 0.3) is 0 Å². The number of nitro groups is 2. The Morgan fingerprint density at radius 3 is 1.94 bits per heavy atom. The summed E-state index contributed by atoms with van der Waals surface area (Å²) in [6.45, 7) is 3.98. The molecule has 13 heteroatoms. The van der Waals surface area contributed by atoms with Crippen LogP contribution in [0.1, 0.15) is 0 Å². The zero-order valence-corrected chi connectivity index (χ0v) is 18.9. The van der Waals surface area contributed by atoms with Gasteiger partial charge in [-0.3, -0.25) is 20.2 Å². The number of nitrogens with zero attached hydrogens (tertiary/aromatic N) is 4. The molecule has 0 unspecified atom stereocenters. The number of aliphatic carboxylic acids is 2. The van der Waals surface area contributed by atoms with Gasteiger partial charge in [0, 0.05) is 55.0 Å². The van der Waals surface area contributed by atoms with Gasteiger partial charge in [0.05, 0.1) is 20.8 Å². The van der Waals surface area contributed by atoms with Crippen LogP contribution >= 0.6 is 11.8 Å². The molecule has 0 atom stereocenters. The van der Waals surface area contributed by atoms with Crippen molar-refractivity contribution in [2.45, 2.75) is 9.79 Å². The quantitative estimate of drug-likeness (QED) is 0.332. The standard InChI is InChI=1S/C17H18N4O4S.C4H4O4/c1-18-8-10-19(11-9-18)13-2-5-15(6-3-13)26-17-7-4-14(20(22)23)12-16(17)21(24)25;5-3(6)1-2-4(7)8/h2-7,12H,8-11H2,1H3;1-2H,(H,5,6)(H,7,8)/b;2-1-. The number of hydrogen-bond donors (Lipinski definition) is 2. The number of likely N-dealkylation sites (N-methyl/N-ethyl adjacent to an activating group) is 1. The molecule has 0 bridgehead atoms. The summed E-state index contributed by atoms with van der Waals surface area (Å²) in [5, 5.41) is 37.7. The van der Waals surface area contributed by atoms with Crippen LogP contribution in [0, 0.1) is 20.2 Å². The summed E-state index contributed by atoms with van der Waals surface area (Å²) >= 11 is 1.23. The van der Waals surface area contributed by atoms with E-state index in [2.05, 4.69) is 16.8 Å². The number of benzene rings is 2. The summed E-state index contributed by atoms with van der Waals surface area (Å²) in [5.74, 6) is -2.51. The van der Waals surface area contributed by atoms with Gasteiger partial charge >= 0.3 is 11.9 Å². The van der Waals surface area contributed by atoms with Crippen molar-refractivity contribution in [3.05, 3.63) is 74.8 Å². The minimum absolute atomic E-state index is 0.257. The summed E-state index contributed by atoms with van der Waals surface area (Å²) in [5.41, 5.74) is 0.583. The van der Waals surface area contributed by atoms with Crippen LogP contribution in [0.15, 0.2) is 64.4 Å². The highest BCUT2D eigenvalue weighted by Gasteiger charge is 2.20. The van der Waals surface area contributed by atoms with Crippen LogP contribution in [0.3, 0.4) is 0 Å². The highest BCUT2D eigenvalue weighted by atomic mass is 32.2. The zero-order valence-electron chi connectivity index (χ0n) is 18.1. The molecule has 1 aliphatic heterocycles. The average molecular weight is 490 g/mol. The second kappa shape index (κ2) is 12.3. The fraction of sp³-hybridized carbons (Fsp3) is 0.238. The van der Waals surface area contributed by atoms with E-state index >= 15 is 0 Å². The summed E-state index contributed by atoms with van der Waals surface area (Å²) in [4.78, 5) is 45.8. The van der Waals surface area contributed by atoms with Gasteiger partial charge in [-0.1, -0.05) is 11.8 Å². The number of carbonyl (C=O) groups is 2. The summed E-state index contributed by atoms with van der Waals surface area (Å²) in [6.07, 6.45) is 1.12. The van der Waals surface area contributed by atoms with Crippen molar-refractivity contribution in [1.82, 2.24) is 4.90 Å². The highest BCUT2D eigenvalue weighted by molar-refractivity contribution is 7.99. The maximum atomic E-state index is 11.2. The van der Waals surface area contributed by atoms with Gasteiger partial charge in [-0.25, -0.2) is 9.59 Å². The molecule has 0 spiro atoms. The number of carboxylic acid groups (broad SMARTS) is 2. The molecular weight excluding hydrogens is 468 g/mol. The maximum Gasteiger partial charge on any atom is 0.328 e. The van der Waals surface area contributed by atoms with Crippen LogP contribution in [-0.4, -0.2) is 70.1 Å². The number of nitro benzene ring substituents is 2. The number of hydrogen-bond acceptors (Lipinski definition) is 9. The third-order valence-corrected chi connectivity index (χ3v) is 5.72. The van der Waals surface area contributed by atoms with E-state index in [-0.39, 0.29) is 11.4 Å². The van der Waals surface area contributed by atoms with Crippen molar-refractivity contribution >= 4 is 40.8 Å². The molecule has 34 heavy (non-hydrogen) atoms. The lowest BCUT2D eigenvalue weighted by atomic mass is 10.2. The average Bonchev–Trinajstić information content (AvgIpc) is 2.79. The number of non-ortho nitro benzene ring substituents is 1. The number of carboxylic acids is 2. The Morgan fingerprint density at radius 2 is 1.47 bits per heavy atom. The van der Waals surface area contributed by atoms with Gasteiger partial charge in [-0.2, -0.15) is 0 Å². The van der Waals surface area contributed by atoms with E-state index in [1.807, 2.05) is 24.3 Å². The van der Waals surface area contributed by atoms with Crippen molar-refractivity contribution in [2.75, 3.05) is 38.1 Å². The van der Waals surface area contributed by atoms with E-state index in [1.165, 1.54) is 23.9 Å². The van der Waals surface area contributed by atoms with Crippen molar-refractivity contribution < 1.29 is 29.6 Å². The van der Waals surface area contributed by atoms with E-state index < -0.39 is 21.8 Å². The van der Waals surface area contributed by atoms with E-state index in [1.54, 1.807) is 0 Å². The lowest BCUT2D eigenvalue weighted by molar-refractivity contribution is -0.396. The topological polar surface area (TPSA) is 167 Å². The first-order valence-corrected chi connectivity index (χ1v) is 10.7. The molecule has 12 nitrogen and oxygen atoms in total. The Hall–Kier alpha value is -3.97. The van der Waals surface area contributed by atoms with Crippen molar-refractivity contribution in [1.29, 1.82) is 0 Å². The molecule has 1 aliphatic rings. The second-order valence-electron chi connectivity index (χ2n) is 7.06. The Balaban J connectivity index is 0.000000440. The van der Waals surface area contributed by atoms with Crippen LogP contribution in [0.2, 0.25) is 0 Å². The molecule has 0 amide bonds. The zero-order chi connectivity index (χ0) is 25.3. The Kier molecular flexibility index (Phi) is 9.52. The molecule has 2 N–H and O–H groups in total. The molecule has 1 saturated heterocycles. The van der Waals surface area contributed by atoms with E-state index in [0.29, 0.717) is 17.0 Å². The molecule has 1 heterocycles. The predicted molar refractivity (Wildman–Crippen MR) is 124 cm³/mol. The molecule has 3 rings (SSSR count). The monoisotopic (exact) mass is 490 g/mol. The minimum atomic E-state index is -1.26. The predicted octanol–water partition coefficient (Wildman–Crippen LogP) is 3.12. The number of rotatable bonds is 7. The smallest absolute Gasteiger partial charge is 0.328 e. The van der Waals surface area contributed by atoms with Crippen LogP contribution in [0.5, 0.6) is 0 Å². The van der Waals surface area contributed by atoms with E-state index in [0.717, 1.165) is 42.8 Å². The molecule has 0 aliphatic carbocycles. The largest absolute Gasteiger partial charge is 0.478 e. The summed E-state index contributed by atoms with van der Waals surface area (Å²) in [6, 6.07) is 11.6. The van der Waals surface area contributed by atoms with Gasteiger partial charge in [0.2, 0.25) is 0 Å². The Bertz CT molecular complexity index is 1070. The Morgan fingerprint density at radius 1 is 0.912 bits per heavy atom. The molecule has 1 fully saturated rings. The molecule has 0 radical (unpaired) electrons. The van der Waals surface area contributed by atoms with Gasteiger partial charge in [0.25, 0.3) is 11.4 Å². The Labute approximate surface area is 198 Å². The fourth-order valence-corrected chi connectivity index (χ4v) is 3.81. The summed E-state index contributed by atoms with van der Waals surface area (Å²) in [7, 11) is 2.11. The highest BCUT2D eigenvalue weighted by Crippen LogP contribution is 2.37. The molecule has 2 aromatic rings. The first-order valence-electron chi connectivity index (χ1n) is 9.85. The van der Waals surface area contributed by atoms with Crippen LogP contribution in [0.4, 0.5) is 17.1 Å². The van der Waals surface area contributed by atoms with Crippen LogP contribution in [-0.2, 0) is 9.59 Å². The van der Waals surface area contributed by atoms with Crippen molar-refractivity contribution in [2.24, 2.45) is 0 Å². The minimum Gasteiger partial charge on any atom is -0.478 e. The third-order valence-electron chi connectivity index (χ3n) is 4.65. The molecule has 2 aromatic carbocycles. The van der Waals surface area contributed by atoms with Crippen LogP contribution < -0.4 is 4.90 Å². The molecule has 0 saturated carbocycles. The van der Waals surface area contributed by atoms with Gasteiger partial charge in [0.15, 0.2) is 0 Å². The van der Waals surface area contributed by atoms with Gasteiger partial charge < -0.3 is 20.0 Å². The summed E-state index contributed by atoms with van der Waals surface area (Å²) < 4.78 is 0.